The highest BCUT2D eigenvalue weighted by Gasteiger charge is 2.31. The molecule has 1 amide bonds. The third-order valence-electron chi connectivity index (χ3n) is 3.80. The van der Waals surface area contributed by atoms with Crippen molar-refractivity contribution < 1.29 is 4.79 Å². The molecule has 0 aromatic heterocycles. The molecule has 0 aromatic rings. The summed E-state index contributed by atoms with van der Waals surface area (Å²) in [5.74, 6) is 0.495. The zero-order valence-electron chi connectivity index (χ0n) is 11.1. The van der Waals surface area contributed by atoms with E-state index in [4.69, 9.17) is 5.26 Å². The van der Waals surface area contributed by atoms with Gasteiger partial charge in [-0.2, -0.15) is 5.26 Å². The van der Waals surface area contributed by atoms with Crippen LogP contribution in [0.2, 0.25) is 0 Å². The van der Waals surface area contributed by atoms with Crippen LogP contribution in [0.25, 0.3) is 0 Å². The lowest BCUT2D eigenvalue weighted by atomic mass is 9.73. The molecule has 96 valence electrons. The minimum atomic E-state index is -0.159. The molecule has 0 atom stereocenters. The second-order valence-corrected chi connectivity index (χ2v) is 5.68. The first-order valence-corrected chi connectivity index (χ1v) is 6.28. The van der Waals surface area contributed by atoms with E-state index in [0.717, 1.165) is 13.1 Å². The highest BCUT2D eigenvalue weighted by Crippen LogP contribution is 2.34. The molecule has 0 aromatic carbocycles. The predicted octanol–water partition coefficient (Wildman–Crippen LogP) is 1.38. The molecule has 1 N–H and O–H groups in total. The molecule has 0 aliphatic carbocycles. The summed E-state index contributed by atoms with van der Waals surface area (Å²) in [6.45, 7) is 7.35. The molecule has 1 aliphatic rings. The first-order valence-electron chi connectivity index (χ1n) is 6.28. The minimum Gasteiger partial charge on any atom is -0.355 e. The molecule has 17 heavy (non-hydrogen) atoms. The number of hydrogen-bond acceptors (Lipinski definition) is 3. The predicted molar refractivity (Wildman–Crippen MR) is 67.2 cm³/mol. The van der Waals surface area contributed by atoms with Crippen LogP contribution in [-0.4, -0.2) is 37.5 Å². The maximum atomic E-state index is 11.3. The average Bonchev–Trinajstić information content (AvgIpc) is 2.28. The third-order valence-corrected chi connectivity index (χ3v) is 3.80. The zero-order chi connectivity index (χ0) is 12.9. The van der Waals surface area contributed by atoms with Gasteiger partial charge in [0.05, 0.1) is 6.07 Å². The molecule has 1 saturated heterocycles. The molecule has 0 spiro atoms. The Morgan fingerprint density at radius 3 is 2.59 bits per heavy atom. The Morgan fingerprint density at radius 2 is 2.06 bits per heavy atom. The molecule has 1 heterocycles. The van der Waals surface area contributed by atoms with Gasteiger partial charge in [0.25, 0.3) is 0 Å². The van der Waals surface area contributed by atoms with Crippen molar-refractivity contribution in [2.45, 2.75) is 33.1 Å². The standard InChI is InChI=1S/C13H23N3O/c1-13(2,10-15-12(17)4-7-14)11-5-8-16(3)9-6-11/h11H,4-6,8-10H2,1-3H3,(H,15,17). The lowest BCUT2D eigenvalue weighted by molar-refractivity contribution is -0.120. The van der Waals surface area contributed by atoms with E-state index in [-0.39, 0.29) is 17.7 Å². The Hall–Kier alpha value is -1.08. The fraction of sp³-hybridized carbons (Fsp3) is 0.846. The van der Waals surface area contributed by atoms with E-state index in [1.165, 1.54) is 12.8 Å². The monoisotopic (exact) mass is 237 g/mol. The van der Waals surface area contributed by atoms with Crippen LogP contribution >= 0.6 is 0 Å². The molecule has 0 unspecified atom stereocenters. The van der Waals surface area contributed by atoms with E-state index in [2.05, 4.69) is 31.1 Å². The highest BCUT2D eigenvalue weighted by molar-refractivity contribution is 5.77. The Morgan fingerprint density at radius 1 is 1.47 bits per heavy atom. The number of nitrogens with one attached hydrogen (secondary N) is 1. The Balaban J connectivity index is 2.40. The number of amides is 1. The van der Waals surface area contributed by atoms with Gasteiger partial charge in [0, 0.05) is 6.54 Å². The summed E-state index contributed by atoms with van der Waals surface area (Å²) in [6.07, 6.45) is 2.35. The highest BCUT2D eigenvalue weighted by atomic mass is 16.1. The fourth-order valence-electron chi connectivity index (χ4n) is 2.40. The van der Waals surface area contributed by atoms with Crippen molar-refractivity contribution in [1.29, 1.82) is 5.26 Å². The fourth-order valence-corrected chi connectivity index (χ4v) is 2.40. The summed E-state index contributed by atoms with van der Waals surface area (Å²) in [4.78, 5) is 13.6. The van der Waals surface area contributed by atoms with Crippen molar-refractivity contribution >= 4 is 5.91 Å². The van der Waals surface area contributed by atoms with Gasteiger partial charge in [0.15, 0.2) is 0 Å². The van der Waals surface area contributed by atoms with Crippen molar-refractivity contribution in [3.05, 3.63) is 0 Å². The third kappa shape index (κ3) is 4.35. The molecule has 0 saturated carbocycles. The van der Waals surface area contributed by atoms with Crippen LogP contribution in [0.3, 0.4) is 0 Å². The summed E-state index contributed by atoms with van der Waals surface area (Å²) in [5.41, 5.74) is 0.117. The maximum absolute atomic E-state index is 11.3. The lowest BCUT2D eigenvalue weighted by Crippen LogP contribution is -2.43. The van der Waals surface area contributed by atoms with Crippen molar-refractivity contribution in [1.82, 2.24) is 10.2 Å². The number of piperidine rings is 1. The quantitative estimate of drug-likeness (QED) is 0.803. The first kappa shape index (κ1) is 14.0. The van der Waals surface area contributed by atoms with Gasteiger partial charge >= 0.3 is 0 Å². The summed E-state index contributed by atoms with van der Waals surface area (Å²) in [7, 11) is 2.15. The van der Waals surface area contributed by atoms with Gasteiger partial charge in [-0.1, -0.05) is 13.8 Å². The van der Waals surface area contributed by atoms with Crippen LogP contribution in [0.5, 0.6) is 0 Å². The molecular weight excluding hydrogens is 214 g/mol. The smallest absolute Gasteiger partial charge is 0.234 e. The van der Waals surface area contributed by atoms with E-state index in [9.17, 15) is 4.79 Å². The van der Waals surface area contributed by atoms with Crippen LogP contribution in [0.1, 0.15) is 33.1 Å². The van der Waals surface area contributed by atoms with E-state index in [0.29, 0.717) is 12.5 Å². The maximum Gasteiger partial charge on any atom is 0.234 e. The zero-order valence-corrected chi connectivity index (χ0v) is 11.1. The van der Waals surface area contributed by atoms with Crippen molar-refractivity contribution in [2.24, 2.45) is 11.3 Å². The van der Waals surface area contributed by atoms with E-state index in [1.807, 2.05) is 6.07 Å². The Labute approximate surface area is 104 Å². The van der Waals surface area contributed by atoms with Crippen LogP contribution in [0, 0.1) is 22.7 Å². The summed E-state index contributed by atoms with van der Waals surface area (Å²) in [5, 5.41) is 11.3. The number of rotatable bonds is 4. The summed E-state index contributed by atoms with van der Waals surface area (Å²) in [6, 6.07) is 1.87. The number of nitrogens with zero attached hydrogens (tertiary/aromatic N) is 2. The topological polar surface area (TPSA) is 56.1 Å². The van der Waals surface area contributed by atoms with Crippen LogP contribution in [0.4, 0.5) is 0 Å². The number of likely N-dealkylation sites (tertiary alicyclic amines) is 1. The summed E-state index contributed by atoms with van der Waals surface area (Å²) < 4.78 is 0. The van der Waals surface area contributed by atoms with Crippen molar-refractivity contribution in [3.8, 4) is 6.07 Å². The lowest BCUT2D eigenvalue weighted by Gasteiger charge is -2.39. The molecule has 4 nitrogen and oxygen atoms in total. The molecule has 0 radical (unpaired) electrons. The van der Waals surface area contributed by atoms with Gasteiger partial charge in [-0.05, 0) is 44.3 Å². The minimum absolute atomic E-state index is 0.0382. The average molecular weight is 237 g/mol. The molecule has 4 heteroatoms. The van der Waals surface area contributed by atoms with E-state index < -0.39 is 0 Å². The normalized spacial score (nSPS) is 18.7. The number of carbonyl (C=O) groups excluding carboxylic acids is 1. The van der Waals surface area contributed by atoms with Gasteiger partial charge in [-0.3, -0.25) is 4.79 Å². The van der Waals surface area contributed by atoms with Gasteiger partial charge < -0.3 is 10.2 Å². The molecule has 1 fully saturated rings. The Bertz CT molecular complexity index is 298. The van der Waals surface area contributed by atoms with E-state index >= 15 is 0 Å². The van der Waals surface area contributed by atoms with E-state index in [1.54, 1.807) is 0 Å². The van der Waals surface area contributed by atoms with Gasteiger partial charge in [0.1, 0.15) is 6.42 Å². The SMILES string of the molecule is CN1CCC(C(C)(C)CNC(=O)CC#N)CC1. The number of hydrogen-bond donors (Lipinski definition) is 1. The number of carbonyl (C=O) groups is 1. The van der Waals surface area contributed by atoms with Gasteiger partial charge in [-0.25, -0.2) is 0 Å². The van der Waals surface area contributed by atoms with Gasteiger partial charge in [-0.15, -0.1) is 0 Å². The molecule has 0 bridgehead atoms. The van der Waals surface area contributed by atoms with Crippen molar-refractivity contribution in [3.63, 3.8) is 0 Å². The second kappa shape index (κ2) is 6.02. The van der Waals surface area contributed by atoms with Crippen LogP contribution in [-0.2, 0) is 4.79 Å². The largest absolute Gasteiger partial charge is 0.355 e. The Kier molecular flexibility index (Phi) is 4.95. The van der Waals surface area contributed by atoms with Crippen LogP contribution < -0.4 is 5.32 Å². The molecule has 1 rings (SSSR count). The van der Waals surface area contributed by atoms with Gasteiger partial charge in [0.2, 0.25) is 5.91 Å². The first-order chi connectivity index (χ1) is 7.95. The number of nitriles is 1. The summed E-state index contributed by atoms with van der Waals surface area (Å²) >= 11 is 0. The van der Waals surface area contributed by atoms with Crippen LogP contribution in [0.15, 0.2) is 0 Å². The second-order valence-electron chi connectivity index (χ2n) is 5.68. The molecule has 1 aliphatic heterocycles. The molecular formula is C13H23N3O. The van der Waals surface area contributed by atoms with Crippen molar-refractivity contribution in [2.75, 3.05) is 26.7 Å².